The molecule has 0 fully saturated rings. The Hall–Kier alpha value is -2.14. The van der Waals surface area contributed by atoms with Gasteiger partial charge in [0.05, 0.1) is 7.11 Å². The minimum absolute atomic E-state index is 0.264. The molecule has 0 amide bonds. The number of ether oxygens (including phenoxy) is 2. The lowest BCUT2D eigenvalue weighted by molar-refractivity contribution is 0.0471. The molecule has 0 atom stereocenters. The van der Waals surface area contributed by atoms with Crippen LogP contribution >= 0.6 is 15.9 Å². The first-order valence-corrected chi connectivity index (χ1v) is 7.00. The molecule has 0 aliphatic carbocycles. The number of carbonyl (C=O) groups is 2. The Bertz CT molecular complexity index is 667. The van der Waals surface area contributed by atoms with E-state index in [0.717, 1.165) is 4.47 Å². The Morgan fingerprint density at radius 2 is 1.86 bits per heavy atom. The van der Waals surface area contributed by atoms with Crippen LogP contribution in [0.25, 0.3) is 0 Å². The average Bonchev–Trinajstić information content (AvgIpc) is 2.52. The third kappa shape index (κ3) is 3.92. The molecule has 4 nitrogen and oxygen atoms in total. The van der Waals surface area contributed by atoms with E-state index in [-0.39, 0.29) is 12.4 Å². The summed E-state index contributed by atoms with van der Waals surface area (Å²) in [5.41, 5.74) is 0.777. The fourth-order valence-corrected chi connectivity index (χ4v) is 2.17. The number of Topliss-reactive ketones (excluding diaryl/α,β-unsaturated/α-hetero) is 1. The van der Waals surface area contributed by atoms with Crippen molar-refractivity contribution in [3.63, 3.8) is 0 Å². The topological polar surface area (TPSA) is 52.6 Å². The van der Waals surface area contributed by atoms with Crippen LogP contribution in [0.1, 0.15) is 20.7 Å². The van der Waals surface area contributed by atoms with Gasteiger partial charge in [0.25, 0.3) is 0 Å². The maximum Gasteiger partial charge on any atom is 0.342 e. The van der Waals surface area contributed by atoms with Crippen LogP contribution in [0.5, 0.6) is 5.75 Å². The Labute approximate surface area is 130 Å². The molecule has 0 saturated heterocycles. The molecular formula is C16H13BrO4. The lowest BCUT2D eigenvalue weighted by Crippen LogP contribution is -2.14. The van der Waals surface area contributed by atoms with Crippen molar-refractivity contribution < 1.29 is 19.1 Å². The summed E-state index contributed by atoms with van der Waals surface area (Å²) in [6, 6.07) is 13.6. The lowest BCUT2D eigenvalue weighted by atomic mass is 10.1. The first-order valence-electron chi connectivity index (χ1n) is 6.20. The van der Waals surface area contributed by atoms with Gasteiger partial charge in [0, 0.05) is 10.0 Å². The number of rotatable bonds is 5. The van der Waals surface area contributed by atoms with Gasteiger partial charge in [0.2, 0.25) is 0 Å². The summed E-state index contributed by atoms with van der Waals surface area (Å²) in [5.74, 6) is -0.437. The van der Waals surface area contributed by atoms with Crippen LogP contribution in [-0.2, 0) is 4.74 Å². The second-order valence-electron chi connectivity index (χ2n) is 4.21. The zero-order valence-corrected chi connectivity index (χ0v) is 12.9. The summed E-state index contributed by atoms with van der Waals surface area (Å²) >= 11 is 3.29. The van der Waals surface area contributed by atoms with Gasteiger partial charge in [-0.1, -0.05) is 40.2 Å². The SMILES string of the molecule is COc1ccccc1C(=O)OCC(=O)c1cccc(Br)c1. The maximum absolute atomic E-state index is 12.0. The third-order valence-electron chi connectivity index (χ3n) is 2.81. The second-order valence-corrected chi connectivity index (χ2v) is 5.13. The number of esters is 1. The molecule has 2 rings (SSSR count). The van der Waals surface area contributed by atoms with Gasteiger partial charge in [-0.25, -0.2) is 4.79 Å². The van der Waals surface area contributed by atoms with E-state index in [1.54, 1.807) is 42.5 Å². The fraction of sp³-hybridized carbons (Fsp3) is 0.125. The van der Waals surface area contributed by atoms with Gasteiger partial charge in [-0.3, -0.25) is 4.79 Å². The van der Waals surface area contributed by atoms with E-state index in [1.807, 2.05) is 6.07 Å². The second kappa shape index (κ2) is 7.04. The highest BCUT2D eigenvalue weighted by Crippen LogP contribution is 2.18. The van der Waals surface area contributed by atoms with Crippen molar-refractivity contribution in [1.29, 1.82) is 0 Å². The van der Waals surface area contributed by atoms with Crippen LogP contribution in [-0.4, -0.2) is 25.5 Å². The van der Waals surface area contributed by atoms with Gasteiger partial charge in [0.1, 0.15) is 11.3 Å². The van der Waals surface area contributed by atoms with Gasteiger partial charge >= 0.3 is 5.97 Å². The molecule has 2 aromatic rings. The van der Waals surface area contributed by atoms with Crippen molar-refractivity contribution in [3.05, 3.63) is 64.1 Å². The molecule has 0 unspecified atom stereocenters. The van der Waals surface area contributed by atoms with E-state index >= 15 is 0 Å². The largest absolute Gasteiger partial charge is 0.496 e. The number of halogens is 1. The quantitative estimate of drug-likeness (QED) is 0.613. The number of ketones is 1. The molecule has 0 saturated carbocycles. The smallest absolute Gasteiger partial charge is 0.342 e. The van der Waals surface area contributed by atoms with Gasteiger partial charge in [0.15, 0.2) is 12.4 Å². The molecule has 0 radical (unpaired) electrons. The minimum Gasteiger partial charge on any atom is -0.496 e. The summed E-state index contributed by atoms with van der Waals surface area (Å²) < 4.78 is 10.9. The Balaban J connectivity index is 2.02. The molecule has 21 heavy (non-hydrogen) atoms. The number of hydrogen-bond acceptors (Lipinski definition) is 4. The van der Waals surface area contributed by atoms with Gasteiger partial charge < -0.3 is 9.47 Å². The summed E-state index contributed by atoms with van der Waals surface area (Å²) in [6.45, 7) is -0.312. The van der Waals surface area contributed by atoms with Crippen molar-refractivity contribution in [2.45, 2.75) is 0 Å². The van der Waals surface area contributed by atoms with E-state index in [1.165, 1.54) is 7.11 Å². The summed E-state index contributed by atoms with van der Waals surface area (Å²) in [6.07, 6.45) is 0. The van der Waals surface area contributed by atoms with E-state index in [4.69, 9.17) is 9.47 Å². The highest BCUT2D eigenvalue weighted by molar-refractivity contribution is 9.10. The zero-order valence-electron chi connectivity index (χ0n) is 11.3. The zero-order chi connectivity index (χ0) is 15.2. The Kier molecular flexibility index (Phi) is 5.11. The molecule has 0 aliphatic rings. The molecule has 108 valence electrons. The van der Waals surface area contributed by atoms with E-state index in [9.17, 15) is 9.59 Å². The number of carbonyl (C=O) groups excluding carboxylic acids is 2. The molecule has 0 bridgehead atoms. The molecule has 0 heterocycles. The number of benzene rings is 2. The molecule has 2 aromatic carbocycles. The highest BCUT2D eigenvalue weighted by atomic mass is 79.9. The van der Waals surface area contributed by atoms with Gasteiger partial charge in [-0.2, -0.15) is 0 Å². The summed E-state index contributed by atoms with van der Waals surface area (Å²) in [4.78, 5) is 23.9. The number of hydrogen-bond donors (Lipinski definition) is 0. The summed E-state index contributed by atoms with van der Waals surface area (Å²) in [5, 5.41) is 0. The van der Waals surface area contributed by atoms with Crippen LogP contribution < -0.4 is 4.74 Å². The van der Waals surface area contributed by atoms with Gasteiger partial charge in [-0.15, -0.1) is 0 Å². The van der Waals surface area contributed by atoms with Crippen LogP contribution in [0.3, 0.4) is 0 Å². The Morgan fingerprint density at radius 3 is 2.57 bits per heavy atom. The number of methoxy groups -OCH3 is 1. The first-order chi connectivity index (χ1) is 10.1. The predicted octanol–water partition coefficient (Wildman–Crippen LogP) is 3.50. The fourth-order valence-electron chi connectivity index (χ4n) is 1.77. The molecule has 5 heteroatoms. The lowest BCUT2D eigenvalue weighted by Gasteiger charge is -2.08. The van der Waals surface area contributed by atoms with Crippen molar-refractivity contribution in [2.75, 3.05) is 13.7 Å². The van der Waals surface area contributed by atoms with Crippen molar-refractivity contribution >= 4 is 27.7 Å². The first kappa shape index (κ1) is 15.3. The highest BCUT2D eigenvalue weighted by Gasteiger charge is 2.15. The minimum atomic E-state index is -0.587. The van der Waals surface area contributed by atoms with Crippen molar-refractivity contribution in [1.82, 2.24) is 0 Å². The van der Waals surface area contributed by atoms with Crippen LogP contribution in [0.4, 0.5) is 0 Å². The normalized spacial score (nSPS) is 10.0. The van der Waals surface area contributed by atoms with Crippen LogP contribution in [0, 0.1) is 0 Å². The van der Waals surface area contributed by atoms with Gasteiger partial charge in [-0.05, 0) is 24.3 Å². The van der Waals surface area contributed by atoms with Crippen molar-refractivity contribution in [2.24, 2.45) is 0 Å². The van der Waals surface area contributed by atoms with E-state index in [2.05, 4.69) is 15.9 Å². The third-order valence-corrected chi connectivity index (χ3v) is 3.30. The van der Waals surface area contributed by atoms with E-state index in [0.29, 0.717) is 16.9 Å². The molecule has 0 aromatic heterocycles. The molecule has 0 N–H and O–H groups in total. The predicted molar refractivity (Wildman–Crippen MR) is 81.7 cm³/mol. The Morgan fingerprint density at radius 1 is 1.10 bits per heavy atom. The monoisotopic (exact) mass is 348 g/mol. The van der Waals surface area contributed by atoms with Crippen LogP contribution in [0.2, 0.25) is 0 Å². The molecule has 0 aliphatic heterocycles. The summed E-state index contributed by atoms with van der Waals surface area (Å²) in [7, 11) is 1.47. The molecular weight excluding hydrogens is 336 g/mol. The maximum atomic E-state index is 12.0. The average molecular weight is 349 g/mol. The van der Waals surface area contributed by atoms with Crippen LogP contribution in [0.15, 0.2) is 53.0 Å². The van der Waals surface area contributed by atoms with Crippen molar-refractivity contribution in [3.8, 4) is 5.75 Å². The van der Waals surface area contributed by atoms with E-state index < -0.39 is 5.97 Å². The molecule has 0 spiro atoms. The number of para-hydroxylation sites is 1. The standard InChI is InChI=1S/C16H13BrO4/c1-20-15-8-3-2-7-13(15)16(19)21-10-14(18)11-5-4-6-12(17)9-11/h2-9H,10H2,1H3.